The lowest BCUT2D eigenvalue weighted by Gasteiger charge is -2.36. The monoisotopic (exact) mass is 274 g/mol. The van der Waals surface area contributed by atoms with Gasteiger partial charge >= 0.3 is 0 Å². The summed E-state index contributed by atoms with van der Waals surface area (Å²) >= 11 is 0. The van der Waals surface area contributed by atoms with E-state index in [1.165, 1.54) is 11.1 Å². The molecule has 2 heterocycles. The summed E-state index contributed by atoms with van der Waals surface area (Å²) in [6.07, 6.45) is 1.03. The molecule has 1 aromatic carbocycles. The third-order valence-electron chi connectivity index (χ3n) is 4.49. The van der Waals surface area contributed by atoms with Gasteiger partial charge in [-0.05, 0) is 38.6 Å². The molecule has 1 fully saturated rings. The van der Waals surface area contributed by atoms with E-state index in [1.54, 1.807) is 7.11 Å². The van der Waals surface area contributed by atoms with E-state index in [9.17, 15) is 4.79 Å². The van der Waals surface area contributed by atoms with E-state index in [2.05, 4.69) is 37.1 Å². The van der Waals surface area contributed by atoms with Crippen LogP contribution in [-0.2, 0) is 9.53 Å². The van der Waals surface area contributed by atoms with Crippen LogP contribution in [0.2, 0.25) is 0 Å². The summed E-state index contributed by atoms with van der Waals surface area (Å²) in [5.74, 6) is 0.513. The third kappa shape index (κ3) is 2.13. The number of likely N-dealkylation sites (tertiary alicyclic amines) is 1. The van der Waals surface area contributed by atoms with Crippen molar-refractivity contribution in [2.24, 2.45) is 0 Å². The first-order valence-electron chi connectivity index (χ1n) is 7.22. The number of ether oxygens (including phenoxy) is 1. The number of amides is 1. The molecule has 108 valence electrons. The van der Waals surface area contributed by atoms with Crippen LogP contribution in [0.4, 0.5) is 5.69 Å². The largest absolute Gasteiger partial charge is 0.375 e. The summed E-state index contributed by atoms with van der Waals surface area (Å²) < 4.78 is 5.05. The number of aryl methyl sites for hydroxylation is 1. The van der Waals surface area contributed by atoms with Crippen LogP contribution in [0, 0.1) is 6.92 Å². The van der Waals surface area contributed by atoms with E-state index in [4.69, 9.17) is 4.74 Å². The van der Waals surface area contributed by atoms with E-state index >= 15 is 0 Å². The highest BCUT2D eigenvalue weighted by Crippen LogP contribution is 2.44. The van der Waals surface area contributed by atoms with Crippen LogP contribution >= 0.6 is 0 Å². The minimum absolute atomic E-state index is 0.0784. The summed E-state index contributed by atoms with van der Waals surface area (Å²) in [5.41, 5.74) is 3.67. The Morgan fingerprint density at radius 1 is 1.45 bits per heavy atom. The molecule has 20 heavy (non-hydrogen) atoms. The number of anilines is 1. The topological polar surface area (TPSA) is 32.8 Å². The summed E-state index contributed by atoms with van der Waals surface area (Å²) in [6.45, 7) is 4.34. The molecule has 0 aliphatic carbocycles. The standard InChI is InChI=1S/C16H22N2O2/c1-11-4-5-14-12(8-11)13-9-17(2)7-6-15(13)18(14)16(19)10-20-3/h4-5,8,13,15H,6-7,9-10H2,1-3H3/t13-,15+/m1/s1. The lowest BCUT2D eigenvalue weighted by molar-refractivity contribution is -0.122. The van der Waals surface area contributed by atoms with Crippen LogP contribution in [0.5, 0.6) is 0 Å². The quantitative estimate of drug-likeness (QED) is 0.824. The highest BCUT2D eigenvalue weighted by atomic mass is 16.5. The fourth-order valence-corrected chi connectivity index (χ4v) is 3.60. The van der Waals surface area contributed by atoms with Crippen molar-refractivity contribution in [2.75, 3.05) is 38.8 Å². The molecule has 0 saturated carbocycles. The van der Waals surface area contributed by atoms with Crippen molar-refractivity contribution in [3.8, 4) is 0 Å². The fourth-order valence-electron chi connectivity index (χ4n) is 3.60. The second-order valence-electron chi connectivity index (χ2n) is 5.98. The molecule has 1 amide bonds. The van der Waals surface area contributed by atoms with Crippen molar-refractivity contribution >= 4 is 11.6 Å². The Morgan fingerprint density at radius 3 is 3.00 bits per heavy atom. The molecule has 1 saturated heterocycles. The van der Waals surface area contributed by atoms with Crippen LogP contribution in [-0.4, -0.2) is 50.7 Å². The van der Waals surface area contributed by atoms with Gasteiger partial charge in [0.25, 0.3) is 5.91 Å². The van der Waals surface area contributed by atoms with Gasteiger partial charge in [0.15, 0.2) is 0 Å². The Kier molecular flexibility index (Phi) is 3.52. The number of carbonyl (C=O) groups excluding carboxylic acids is 1. The molecule has 0 N–H and O–H groups in total. The Balaban J connectivity index is 2.01. The molecule has 1 aromatic rings. The molecule has 0 unspecified atom stereocenters. The fraction of sp³-hybridized carbons (Fsp3) is 0.562. The van der Waals surface area contributed by atoms with Crippen molar-refractivity contribution < 1.29 is 9.53 Å². The molecular formula is C16H22N2O2. The summed E-state index contributed by atoms with van der Waals surface area (Å²) in [7, 11) is 3.74. The Labute approximate surface area is 120 Å². The van der Waals surface area contributed by atoms with Crippen molar-refractivity contribution in [1.82, 2.24) is 4.90 Å². The maximum atomic E-state index is 12.4. The smallest absolute Gasteiger partial charge is 0.253 e. The van der Waals surface area contributed by atoms with Gasteiger partial charge in [0.05, 0.1) is 0 Å². The first-order chi connectivity index (χ1) is 9.61. The molecule has 2 aliphatic heterocycles. The number of nitrogens with zero attached hydrogens (tertiary/aromatic N) is 2. The summed E-state index contributed by atoms with van der Waals surface area (Å²) in [6, 6.07) is 6.72. The zero-order chi connectivity index (χ0) is 14.3. The lowest BCUT2D eigenvalue weighted by atomic mass is 9.89. The van der Waals surface area contributed by atoms with Crippen molar-refractivity contribution in [3.63, 3.8) is 0 Å². The number of benzene rings is 1. The Bertz CT molecular complexity index is 529. The highest BCUT2D eigenvalue weighted by Gasteiger charge is 2.43. The Morgan fingerprint density at radius 2 is 2.25 bits per heavy atom. The number of fused-ring (bicyclic) bond motifs is 3. The van der Waals surface area contributed by atoms with Gasteiger partial charge in [-0.15, -0.1) is 0 Å². The predicted molar refractivity (Wildman–Crippen MR) is 79.2 cm³/mol. The molecule has 2 aliphatic rings. The zero-order valence-electron chi connectivity index (χ0n) is 12.4. The lowest BCUT2D eigenvalue weighted by Crippen LogP contribution is -2.48. The number of piperidine rings is 1. The first kappa shape index (κ1) is 13.6. The molecule has 4 heteroatoms. The molecule has 0 aromatic heterocycles. The zero-order valence-corrected chi connectivity index (χ0v) is 12.4. The van der Waals surface area contributed by atoms with Gasteiger partial charge in [-0.1, -0.05) is 17.7 Å². The van der Waals surface area contributed by atoms with Crippen LogP contribution < -0.4 is 4.90 Å². The van der Waals surface area contributed by atoms with E-state index in [-0.39, 0.29) is 12.5 Å². The molecule has 3 rings (SSSR count). The second kappa shape index (κ2) is 5.19. The maximum Gasteiger partial charge on any atom is 0.253 e. The predicted octanol–water partition coefficient (Wildman–Crippen LogP) is 1.78. The second-order valence-corrected chi connectivity index (χ2v) is 5.98. The maximum absolute atomic E-state index is 12.4. The van der Waals surface area contributed by atoms with Crippen LogP contribution in [0.15, 0.2) is 18.2 Å². The van der Waals surface area contributed by atoms with Gasteiger partial charge in [0, 0.05) is 31.3 Å². The number of hydrogen-bond acceptors (Lipinski definition) is 3. The molecule has 0 bridgehead atoms. The number of likely N-dealkylation sites (N-methyl/N-ethyl adjacent to an activating group) is 1. The average molecular weight is 274 g/mol. The molecule has 0 radical (unpaired) electrons. The van der Waals surface area contributed by atoms with Crippen molar-refractivity contribution in [2.45, 2.75) is 25.3 Å². The van der Waals surface area contributed by atoms with Crippen LogP contribution in [0.1, 0.15) is 23.5 Å². The van der Waals surface area contributed by atoms with E-state index < -0.39 is 0 Å². The molecule has 2 atom stereocenters. The van der Waals surface area contributed by atoms with Gasteiger partial charge < -0.3 is 14.5 Å². The van der Waals surface area contributed by atoms with Gasteiger partial charge in [0.1, 0.15) is 6.61 Å². The first-order valence-corrected chi connectivity index (χ1v) is 7.22. The van der Waals surface area contributed by atoms with E-state index in [0.29, 0.717) is 12.0 Å². The van der Waals surface area contributed by atoms with Crippen LogP contribution in [0.3, 0.4) is 0 Å². The van der Waals surface area contributed by atoms with Gasteiger partial charge in [0.2, 0.25) is 0 Å². The van der Waals surface area contributed by atoms with E-state index in [0.717, 1.165) is 25.2 Å². The summed E-state index contributed by atoms with van der Waals surface area (Å²) in [4.78, 5) is 16.8. The number of methoxy groups -OCH3 is 1. The number of carbonyl (C=O) groups is 1. The third-order valence-corrected chi connectivity index (χ3v) is 4.49. The SMILES string of the molecule is COCC(=O)N1c2ccc(C)cc2[C@H]2CN(C)CC[C@@H]21. The van der Waals surface area contributed by atoms with Crippen LogP contribution in [0.25, 0.3) is 0 Å². The molecule has 4 nitrogen and oxygen atoms in total. The minimum Gasteiger partial charge on any atom is -0.375 e. The number of rotatable bonds is 2. The number of hydrogen-bond donors (Lipinski definition) is 0. The van der Waals surface area contributed by atoms with Crippen molar-refractivity contribution in [3.05, 3.63) is 29.3 Å². The van der Waals surface area contributed by atoms with Gasteiger partial charge in [-0.25, -0.2) is 0 Å². The highest BCUT2D eigenvalue weighted by molar-refractivity contribution is 5.97. The van der Waals surface area contributed by atoms with Gasteiger partial charge in [-0.2, -0.15) is 0 Å². The normalized spacial score (nSPS) is 25.4. The average Bonchev–Trinajstić information content (AvgIpc) is 2.72. The Hall–Kier alpha value is -1.39. The summed E-state index contributed by atoms with van der Waals surface area (Å²) in [5, 5.41) is 0. The molecule has 0 spiro atoms. The van der Waals surface area contributed by atoms with Gasteiger partial charge in [-0.3, -0.25) is 4.79 Å². The van der Waals surface area contributed by atoms with E-state index in [1.807, 2.05) is 4.90 Å². The van der Waals surface area contributed by atoms with Crippen molar-refractivity contribution in [1.29, 1.82) is 0 Å². The molecular weight excluding hydrogens is 252 g/mol. The minimum atomic E-state index is 0.0784.